The topological polar surface area (TPSA) is 28.2 Å². The van der Waals surface area contributed by atoms with Crippen LogP contribution in [0.25, 0.3) is 0 Å². The Balaban J connectivity index is 1.63. The van der Waals surface area contributed by atoms with Gasteiger partial charge in [0.2, 0.25) is 0 Å². The molecule has 0 radical (unpaired) electrons. The van der Waals surface area contributed by atoms with Crippen LogP contribution < -0.4 is 5.32 Å². The van der Waals surface area contributed by atoms with Gasteiger partial charge in [0, 0.05) is 41.2 Å². The first-order valence-electron chi connectivity index (χ1n) is 7.84. The summed E-state index contributed by atoms with van der Waals surface area (Å²) in [4.78, 5) is 8.70. The van der Waals surface area contributed by atoms with Crippen LogP contribution in [0.2, 0.25) is 0 Å². The van der Waals surface area contributed by atoms with Crippen molar-refractivity contribution in [2.24, 2.45) is 0 Å². The lowest BCUT2D eigenvalue weighted by Gasteiger charge is -2.35. The first-order chi connectivity index (χ1) is 9.42. The molecule has 20 heavy (non-hydrogen) atoms. The Labute approximate surface area is 126 Å². The lowest BCUT2D eigenvalue weighted by atomic mass is 9.92. The predicted molar refractivity (Wildman–Crippen MR) is 85.3 cm³/mol. The van der Waals surface area contributed by atoms with Crippen LogP contribution in [-0.2, 0) is 6.54 Å². The van der Waals surface area contributed by atoms with Crippen molar-refractivity contribution in [2.45, 2.75) is 76.5 Å². The van der Waals surface area contributed by atoms with Crippen LogP contribution in [0.1, 0.15) is 62.3 Å². The molecule has 0 aliphatic carbocycles. The smallest absolute Gasteiger partial charge is 0.0960 e. The predicted octanol–water partition coefficient (Wildman–Crippen LogP) is 3.37. The molecule has 2 saturated heterocycles. The van der Waals surface area contributed by atoms with Gasteiger partial charge >= 0.3 is 0 Å². The SMILES string of the molecule is CN1C2CCC1CC(c1ncc(CNC(C)(C)C)s1)C2. The highest BCUT2D eigenvalue weighted by Crippen LogP contribution is 2.42. The summed E-state index contributed by atoms with van der Waals surface area (Å²) in [6.45, 7) is 7.58. The number of thiazole rings is 1. The Bertz CT molecular complexity index is 449. The van der Waals surface area contributed by atoms with Gasteiger partial charge in [0.1, 0.15) is 0 Å². The average molecular weight is 293 g/mol. The Morgan fingerprint density at radius 1 is 1.30 bits per heavy atom. The van der Waals surface area contributed by atoms with E-state index in [-0.39, 0.29) is 5.54 Å². The summed E-state index contributed by atoms with van der Waals surface area (Å²) >= 11 is 1.92. The van der Waals surface area contributed by atoms with Gasteiger partial charge in [-0.05, 0) is 53.5 Å². The lowest BCUT2D eigenvalue weighted by molar-refractivity contribution is 0.161. The fourth-order valence-electron chi connectivity index (χ4n) is 3.56. The van der Waals surface area contributed by atoms with E-state index in [4.69, 9.17) is 4.98 Å². The van der Waals surface area contributed by atoms with Gasteiger partial charge in [-0.3, -0.25) is 0 Å². The molecule has 0 amide bonds. The summed E-state index contributed by atoms with van der Waals surface area (Å²) < 4.78 is 0. The van der Waals surface area contributed by atoms with Gasteiger partial charge in [0.15, 0.2) is 0 Å². The van der Waals surface area contributed by atoms with Crippen LogP contribution in [0, 0.1) is 0 Å². The number of nitrogens with one attached hydrogen (secondary N) is 1. The van der Waals surface area contributed by atoms with Crippen LogP contribution in [0.5, 0.6) is 0 Å². The van der Waals surface area contributed by atoms with Crippen molar-refractivity contribution in [3.05, 3.63) is 16.1 Å². The molecule has 3 rings (SSSR count). The van der Waals surface area contributed by atoms with Crippen molar-refractivity contribution in [3.8, 4) is 0 Å². The summed E-state index contributed by atoms with van der Waals surface area (Å²) in [5.41, 5.74) is 0.177. The third kappa shape index (κ3) is 3.07. The van der Waals surface area contributed by atoms with E-state index in [1.807, 2.05) is 11.3 Å². The third-order valence-electron chi connectivity index (χ3n) is 4.81. The number of hydrogen-bond donors (Lipinski definition) is 1. The van der Waals surface area contributed by atoms with Crippen molar-refractivity contribution < 1.29 is 0 Å². The first kappa shape index (κ1) is 14.5. The fourth-order valence-corrected chi connectivity index (χ4v) is 4.54. The molecule has 112 valence electrons. The zero-order valence-electron chi connectivity index (χ0n) is 13.1. The fraction of sp³-hybridized carbons (Fsp3) is 0.812. The zero-order valence-corrected chi connectivity index (χ0v) is 14.0. The maximum Gasteiger partial charge on any atom is 0.0960 e. The molecule has 2 bridgehead atoms. The van der Waals surface area contributed by atoms with Crippen LogP contribution in [0.4, 0.5) is 0 Å². The number of hydrogen-bond acceptors (Lipinski definition) is 4. The van der Waals surface area contributed by atoms with E-state index in [2.05, 4.69) is 44.2 Å². The van der Waals surface area contributed by atoms with Gasteiger partial charge in [-0.1, -0.05) is 0 Å². The molecule has 2 atom stereocenters. The van der Waals surface area contributed by atoms with Crippen molar-refractivity contribution in [1.82, 2.24) is 15.2 Å². The number of piperidine rings is 1. The lowest BCUT2D eigenvalue weighted by Crippen LogP contribution is -2.39. The molecule has 3 nitrogen and oxygen atoms in total. The minimum absolute atomic E-state index is 0.177. The summed E-state index contributed by atoms with van der Waals surface area (Å²) in [6, 6.07) is 1.61. The molecule has 2 unspecified atom stereocenters. The maximum atomic E-state index is 4.72. The number of nitrogens with zero attached hydrogens (tertiary/aromatic N) is 2. The second-order valence-electron chi connectivity index (χ2n) is 7.49. The highest BCUT2D eigenvalue weighted by atomic mass is 32.1. The molecule has 0 saturated carbocycles. The van der Waals surface area contributed by atoms with Crippen molar-refractivity contribution in [3.63, 3.8) is 0 Å². The number of rotatable bonds is 3. The highest BCUT2D eigenvalue weighted by Gasteiger charge is 2.39. The summed E-state index contributed by atoms with van der Waals surface area (Å²) in [6.07, 6.45) is 7.49. The zero-order chi connectivity index (χ0) is 14.3. The second-order valence-corrected chi connectivity index (χ2v) is 8.63. The summed E-state index contributed by atoms with van der Waals surface area (Å²) in [7, 11) is 2.30. The molecular weight excluding hydrogens is 266 g/mol. The molecule has 1 aromatic rings. The minimum atomic E-state index is 0.177. The molecule has 0 aromatic carbocycles. The van der Waals surface area contributed by atoms with Gasteiger partial charge in [-0.25, -0.2) is 4.98 Å². The van der Waals surface area contributed by atoms with Crippen LogP contribution in [0.15, 0.2) is 6.20 Å². The highest BCUT2D eigenvalue weighted by molar-refractivity contribution is 7.11. The maximum absolute atomic E-state index is 4.72. The molecule has 3 heterocycles. The van der Waals surface area contributed by atoms with Gasteiger partial charge in [0.25, 0.3) is 0 Å². The van der Waals surface area contributed by atoms with Gasteiger partial charge in [-0.2, -0.15) is 0 Å². The van der Waals surface area contributed by atoms with E-state index >= 15 is 0 Å². The van der Waals surface area contributed by atoms with Crippen molar-refractivity contribution in [2.75, 3.05) is 7.05 Å². The largest absolute Gasteiger partial charge is 0.307 e. The van der Waals surface area contributed by atoms with E-state index in [0.717, 1.165) is 18.6 Å². The normalized spacial score (nSPS) is 30.9. The molecule has 2 fully saturated rings. The number of aromatic nitrogens is 1. The molecule has 0 spiro atoms. The number of fused-ring (bicyclic) bond motifs is 2. The Morgan fingerprint density at radius 2 is 1.95 bits per heavy atom. The van der Waals surface area contributed by atoms with Crippen LogP contribution in [-0.4, -0.2) is 34.6 Å². The minimum Gasteiger partial charge on any atom is -0.307 e. The molecular formula is C16H27N3S. The summed E-state index contributed by atoms with van der Waals surface area (Å²) in [5, 5.41) is 4.93. The van der Waals surface area contributed by atoms with E-state index in [0.29, 0.717) is 5.92 Å². The molecule has 1 aromatic heterocycles. The van der Waals surface area contributed by atoms with Crippen molar-refractivity contribution >= 4 is 11.3 Å². The standard InChI is InChI=1S/C16H27N3S/c1-16(2,3)18-10-14-9-17-15(20-14)11-7-12-5-6-13(8-11)19(12)4/h9,11-13,18H,5-8,10H2,1-4H3. The van der Waals surface area contributed by atoms with Gasteiger partial charge in [0.05, 0.1) is 5.01 Å². The molecule has 2 aliphatic rings. The second kappa shape index (κ2) is 5.39. The molecule has 2 aliphatic heterocycles. The van der Waals surface area contributed by atoms with Crippen LogP contribution >= 0.6 is 11.3 Å². The quantitative estimate of drug-likeness (QED) is 0.926. The summed E-state index contributed by atoms with van der Waals surface area (Å²) in [5.74, 6) is 0.706. The van der Waals surface area contributed by atoms with Crippen molar-refractivity contribution in [1.29, 1.82) is 0 Å². The average Bonchev–Trinajstić information content (AvgIpc) is 2.89. The van der Waals surface area contributed by atoms with Crippen LogP contribution in [0.3, 0.4) is 0 Å². The van der Waals surface area contributed by atoms with E-state index in [1.54, 1.807) is 0 Å². The van der Waals surface area contributed by atoms with Gasteiger partial charge < -0.3 is 10.2 Å². The Hall–Kier alpha value is -0.450. The van der Waals surface area contributed by atoms with Gasteiger partial charge in [-0.15, -0.1) is 11.3 Å². The third-order valence-corrected chi connectivity index (χ3v) is 5.97. The monoisotopic (exact) mass is 293 g/mol. The van der Waals surface area contributed by atoms with E-state index in [9.17, 15) is 0 Å². The molecule has 4 heteroatoms. The molecule has 1 N–H and O–H groups in total. The Morgan fingerprint density at radius 3 is 2.55 bits per heavy atom. The first-order valence-corrected chi connectivity index (χ1v) is 8.65. The van der Waals surface area contributed by atoms with E-state index in [1.165, 1.54) is 35.6 Å². The Kier molecular flexibility index (Phi) is 3.91. The van der Waals surface area contributed by atoms with E-state index < -0.39 is 0 Å².